The number of ketones is 1. The molecule has 0 aliphatic heterocycles. The quantitative estimate of drug-likeness (QED) is 0.592. The lowest BCUT2D eigenvalue weighted by atomic mass is 10.1. The molecule has 2 aromatic carbocycles. The molecule has 0 fully saturated rings. The van der Waals surface area contributed by atoms with Crippen molar-refractivity contribution < 1.29 is 9.18 Å². The van der Waals surface area contributed by atoms with E-state index in [4.69, 9.17) is 0 Å². The Balaban J connectivity index is 1.88. The summed E-state index contributed by atoms with van der Waals surface area (Å²) in [5.74, 6) is -0.217. The van der Waals surface area contributed by atoms with Crippen molar-refractivity contribution in [2.45, 2.75) is 6.42 Å². The second-order valence-electron chi connectivity index (χ2n) is 4.52. The van der Waals surface area contributed by atoms with Crippen molar-refractivity contribution in [2.24, 2.45) is 0 Å². The molecule has 0 saturated heterocycles. The lowest BCUT2D eigenvalue weighted by Gasteiger charge is -1.99. The monoisotopic (exact) mass is 348 g/mol. The van der Waals surface area contributed by atoms with Gasteiger partial charge in [0, 0.05) is 15.6 Å². The maximum atomic E-state index is 13.2. The van der Waals surface area contributed by atoms with E-state index < -0.39 is 0 Å². The molecule has 1 aromatic heterocycles. The number of rotatable bonds is 3. The van der Waals surface area contributed by atoms with E-state index in [0.717, 1.165) is 20.1 Å². The zero-order valence-electron chi connectivity index (χ0n) is 10.4. The van der Waals surface area contributed by atoms with Crippen LogP contribution in [0.2, 0.25) is 0 Å². The minimum atomic E-state index is -0.277. The highest BCUT2D eigenvalue weighted by molar-refractivity contribution is 9.10. The molecule has 3 aromatic rings. The van der Waals surface area contributed by atoms with Gasteiger partial charge in [0.25, 0.3) is 0 Å². The maximum Gasteiger partial charge on any atom is 0.177 e. The molecule has 1 heterocycles. The Morgan fingerprint density at radius 2 is 2.00 bits per heavy atom. The van der Waals surface area contributed by atoms with Crippen molar-refractivity contribution in [3.63, 3.8) is 0 Å². The van der Waals surface area contributed by atoms with Gasteiger partial charge in [0.15, 0.2) is 5.78 Å². The van der Waals surface area contributed by atoms with Crippen LogP contribution >= 0.6 is 27.3 Å². The molecule has 0 saturated carbocycles. The number of carbonyl (C=O) groups is 1. The van der Waals surface area contributed by atoms with Crippen molar-refractivity contribution in [1.29, 1.82) is 0 Å². The van der Waals surface area contributed by atoms with Gasteiger partial charge >= 0.3 is 0 Å². The van der Waals surface area contributed by atoms with E-state index in [2.05, 4.69) is 15.9 Å². The molecule has 0 atom stereocenters. The van der Waals surface area contributed by atoms with Crippen molar-refractivity contribution in [3.8, 4) is 0 Å². The van der Waals surface area contributed by atoms with Gasteiger partial charge in [-0.2, -0.15) is 0 Å². The molecule has 1 nitrogen and oxygen atoms in total. The number of benzene rings is 2. The third-order valence-corrected chi connectivity index (χ3v) is 4.66. The van der Waals surface area contributed by atoms with Gasteiger partial charge in [-0.1, -0.05) is 28.1 Å². The fourth-order valence-corrected chi connectivity index (χ4v) is 3.50. The molecule has 4 heteroatoms. The normalized spacial score (nSPS) is 10.9. The van der Waals surface area contributed by atoms with Crippen LogP contribution in [0.3, 0.4) is 0 Å². The third kappa shape index (κ3) is 2.81. The summed E-state index contributed by atoms with van der Waals surface area (Å²) in [4.78, 5) is 13.0. The first kappa shape index (κ1) is 13.5. The van der Waals surface area contributed by atoms with E-state index in [1.807, 2.05) is 24.3 Å². The van der Waals surface area contributed by atoms with Crippen LogP contribution in [0.4, 0.5) is 4.39 Å². The molecule has 0 aliphatic carbocycles. The molecule has 100 valence electrons. The number of carbonyl (C=O) groups excluding carboxylic acids is 1. The molecule has 3 rings (SSSR count). The van der Waals surface area contributed by atoms with E-state index in [1.54, 1.807) is 12.1 Å². The summed E-state index contributed by atoms with van der Waals surface area (Å²) in [5.41, 5.74) is 0.966. The molecule has 0 radical (unpaired) electrons. The highest BCUT2D eigenvalue weighted by Gasteiger charge is 2.11. The van der Waals surface area contributed by atoms with Crippen molar-refractivity contribution >= 4 is 43.1 Å². The summed E-state index contributed by atoms with van der Waals surface area (Å²) < 4.78 is 15.0. The molecule has 20 heavy (non-hydrogen) atoms. The minimum Gasteiger partial charge on any atom is -0.293 e. The summed E-state index contributed by atoms with van der Waals surface area (Å²) in [6.45, 7) is 0. The highest BCUT2D eigenvalue weighted by Crippen LogP contribution is 2.27. The molecule has 0 amide bonds. The van der Waals surface area contributed by atoms with Crippen LogP contribution in [0, 0.1) is 5.82 Å². The number of fused-ring (bicyclic) bond motifs is 1. The van der Waals surface area contributed by atoms with Crippen LogP contribution in [0.5, 0.6) is 0 Å². The summed E-state index contributed by atoms with van der Waals surface area (Å²) >= 11 is 4.80. The second kappa shape index (κ2) is 5.46. The Bertz CT molecular complexity index is 794. The predicted molar refractivity (Wildman–Crippen MR) is 84.0 cm³/mol. The van der Waals surface area contributed by atoms with Gasteiger partial charge in [-0.05, 0) is 47.3 Å². The van der Waals surface area contributed by atoms with Crippen LogP contribution in [-0.2, 0) is 6.42 Å². The molecule has 0 bridgehead atoms. The zero-order chi connectivity index (χ0) is 14.1. The maximum absolute atomic E-state index is 13.2. The average Bonchev–Trinajstić information content (AvgIpc) is 2.81. The number of hydrogen-bond donors (Lipinski definition) is 0. The van der Waals surface area contributed by atoms with Crippen molar-refractivity contribution in [3.05, 3.63) is 69.3 Å². The average molecular weight is 349 g/mol. The van der Waals surface area contributed by atoms with E-state index >= 15 is 0 Å². The Morgan fingerprint density at radius 3 is 2.80 bits per heavy atom. The predicted octanol–water partition coefficient (Wildman–Crippen LogP) is 5.23. The van der Waals surface area contributed by atoms with E-state index in [0.29, 0.717) is 11.3 Å². The summed E-state index contributed by atoms with van der Waals surface area (Å²) in [6.07, 6.45) is 0.356. The van der Waals surface area contributed by atoms with Gasteiger partial charge in [0.05, 0.1) is 4.88 Å². The van der Waals surface area contributed by atoms with E-state index in [1.165, 1.54) is 23.5 Å². The fourth-order valence-electron chi connectivity index (χ4n) is 2.07. The Kier molecular flexibility index (Phi) is 3.68. The standard InChI is InChI=1S/C16H10BrFOS/c17-12-3-1-2-10(6-12)7-14(19)16-9-11-8-13(18)4-5-15(11)20-16/h1-6,8-9H,7H2. The lowest BCUT2D eigenvalue weighted by molar-refractivity contribution is 0.0997. The van der Waals surface area contributed by atoms with Gasteiger partial charge in [-0.25, -0.2) is 4.39 Å². The summed E-state index contributed by atoms with van der Waals surface area (Å²) in [5, 5.41) is 0.785. The second-order valence-corrected chi connectivity index (χ2v) is 6.52. The first-order valence-electron chi connectivity index (χ1n) is 6.08. The van der Waals surface area contributed by atoms with E-state index in [9.17, 15) is 9.18 Å². The van der Waals surface area contributed by atoms with Gasteiger partial charge in [-0.3, -0.25) is 4.79 Å². The van der Waals surface area contributed by atoms with Crippen LogP contribution in [0.15, 0.2) is 53.0 Å². The number of hydrogen-bond acceptors (Lipinski definition) is 2. The van der Waals surface area contributed by atoms with E-state index in [-0.39, 0.29) is 11.6 Å². The Hall–Kier alpha value is -1.52. The van der Waals surface area contributed by atoms with Gasteiger partial charge in [0.2, 0.25) is 0 Å². The molecule has 0 unspecified atom stereocenters. The molecular formula is C16H10BrFOS. The fraction of sp³-hybridized carbons (Fsp3) is 0.0625. The minimum absolute atomic E-state index is 0.0599. The molecule has 0 aliphatic rings. The van der Waals surface area contributed by atoms with Crippen LogP contribution in [-0.4, -0.2) is 5.78 Å². The molecule has 0 N–H and O–H groups in total. The largest absolute Gasteiger partial charge is 0.293 e. The smallest absolute Gasteiger partial charge is 0.177 e. The van der Waals surface area contributed by atoms with Gasteiger partial charge < -0.3 is 0 Å². The van der Waals surface area contributed by atoms with Crippen LogP contribution in [0.25, 0.3) is 10.1 Å². The third-order valence-electron chi connectivity index (χ3n) is 3.01. The van der Waals surface area contributed by atoms with Gasteiger partial charge in [-0.15, -0.1) is 11.3 Å². The Labute approximate surface area is 128 Å². The summed E-state index contributed by atoms with van der Waals surface area (Å²) in [6, 6.07) is 14.1. The number of thiophene rings is 1. The lowest BCUT2D eigenvalue weighted by Crippen LogP contribution is -2.00. The summed E-state index contributed by atoms with van der Waals surface area (Å²) in [7, 11) is 0. The topological polar surface area (TPSA) is 17.1 Å². The molecule has 0 spiro atoms. The number of halogens is 2. The Morgan fingerprint density at radius 1 is 1.15 bits per heavy atom. The first-order valence-corrected chi connectivity index (χ1v) is 7.69. The first-order chi connectivity index (χ1) is 9.61. The molecular weight excluding hydrogens is 339 g/mol. The van der Waals surface area contributed by atoms with Crippen molar-refractivity contribution in [2.75, 3.05) is 0 Å². The van der Waals surface area contributed by atoms with Gasteiger partial charge in [0.1, 0.15) is 5.82 Å². The highest BCUT2D eigenvalue weighted by atomic mass is 79.9. The SMILES string of the molecule is O=C(Cc1cccc(Br)c1)c1cc2cc(F)ccc2s1. The van der Waals surface area contributed by atoms with Crippen molar-refractivity contribution in [1.82, 2.24) is 0 Å². The zero-order valence-corrected chi connectivity index (χ0v) is 12.8. The van der Waals surface area contributed by atoms with Crippen LogP contribution < -0.4 is 0 Å². The number of Topliss-reactive ketones (excluding diaryl/α,β-unsaturated/α-hetero) is 1. The van der Waals surface area contributed by atoms with Crippen LogP contribution in [0.1, 0.15) is 15.2 Å².